The van der Waals surface area contributed by atoms with Crippen LogP contribution in [0.3, 0.4) is 0 Å². The van der Waals surface area contributed by atoms with Gasteiger partial charge in [-0.25, -0.2) is 23.5 Å². The molecule has 7 nitrogen and oxygen atoms in total. The fourth-order valence-electron chi connectivity index (χ4n) is 3.87. The highest BCUT2D eigenvalue weighted by molar-refractivity contribution is 7.17. The van der Waals surface area contributed by atoms with Crippen molar-refractivity contribution in [2.75, 3.05) is 18.5 Å². The van der Waals surface area contributed by atoms with Crippen LogP contribution in [0.5, 0.6) is 0 Å². The summed E-state index contributed by atoms with van der Waals surface area (Å²) in [7, 11) is 0. The van der Waals surface area contributed by atoms with Gasteiger partial charge >= 0.3 is 12.1 Å². The summed E-state index contributed by atoms with van der Waals surface area (Å²) >= 11 is 0.609. The van der Waals surface area contributed by atoms with Crippen molar-refractivity contribution in [1.82, 2.24) is 14.9 Å². The summed E-state index contributed by atoms with van der Waals surface area (Å²) in [5.74, 6) is -1.95. The van der Waals surface area contributed by atoms with Gasteiger partial charge in [-0.2, -0.15) is 13.2 Å². The van der Waals surface area contributed by atoms with Crippen molar-refractivity contribution in [3.8, 4) is 10.4 Å². The van der Waals surface area contributed by atoms with Gasteiger partial charge in [-0.1, -0.05) is 6.92 Å². The quantitative estimate of drug-likeness (QED) is 0.355. The lowest BCUT2D eigenvalue weighted by Crippen LogP contribution is -2.36. The molecule has 1 aliphatic heterocycles. The molecule has 35 heavy (non-hydrogen) atoms. The van der Waals surface area contributed by atoms with Gasteiger partial charge in [0.25, 0.3) is 12.3 Å². The Morgan fingerprint density at radius 1 is 1.31 bits per heavy atom. The number of nitrogens with zero attached hydrogens (tertiary/aromatic N) is 3. The van der Waals surface area contributed by atoms with Crippen LogP contribution in [0.4, 0.5) is 27.8 Å². The molecule has 0 aliphatic carbocycles. The molecule has 1 saturated heterocycles. The maximum Gasteiger partial charge on any atom is 0.408 e. The number of alkyl halides is 5. The minimum absolute atomic E-state index is 0.00588. The van der Waals surface area contributed by atoms with Gasteiger partial charge in [-0.05, 0) is 39.2 Å². The van der Waals surface area contributed by atoms with Crippen LogP contribution in [0.2, 0.25) is 0 Å². The van der Waals surface area contributed by atoms with Crippen LogP contribution < -0.4 is 5.32 Å². The molecule has 192 valence electrons. The number of aromatic nitrogens is 2. The Kier molecular flexibility index (Phi) is 8.29. The Balaban J connectivity index is 2.23. The number of halogens is 5. The monoisotopic (exact) mass is 520 g/mol. The van der Waals surface area contributed by atoms with Gasteiger partial charge < -0.3 is 15.0 Å². The van der Waals surface area contributed by atoms with E-state index in [0.29, 0.717) is 17.9 Å². The topological polar surface area (TPSA) is 84.4 Å². The minimum Gasteiger partial charge on any atom is -0.461 e. The number of esters is 1. The Labute approximate surface area is 202 Å². The molecule has 0 saturated carbocycles. The highest BCUT2D eigenvalue weighted by atomic mass is 32.1. The highest BCUT2D eigenvalue weighted by Gasteiger charge is 2.40. The van der Waals surface area contributed by atoms with E-state index >= 15 is 0 Å². The minimum atomic E-state index is -4.68. The lowest BCUT2D eigenvalue weighted by Gasteiger charge is -2.24. The van der Waals surface area contributed by atoms with Crippen LogP contribution in [0.25, 0.3) is 10.4 Å². The number of rotatable bonds is 8. The lowest BCUT2D eigenvalue weighted by atomic mass is 10.0. The number of amides is 1. The Morgan fingerprint density at radius 2 is 2.03 bits per heavy atom. The zero-order chi connectivity index (χ0) is 25.9. The molecule has 2 atom stereocenters. The van der Waals surface area contributed by atoms with Crippen molar-refractivity contribution >= 4 is 29.0 Å². The third-order valence-corrected chi connectivity index (χ3v) is 6.71. The summed E-state index contributed by atoms with van der Waals surface area (Å²) in [4.78, 5) is 35.1. The standard InChI is InChI=1S/C22H25F5N4O3S/c1-4-13(22(25,26)27)29-18-14(12(17(23)24)8-9-28-18)16-15(20(32)31-10-6-7-11(31)3)30-19(35-16)21(33)34-5-2/h8-9,11,13,17H,4-7,10H2,1-3H3,(H,28,29)/t11-,13-/m0/s1. The number of hydrogen-bond acceptors (Lipinski definition) is 7. The molecular formula is C22H25F5N4O3S. The predicted molar refractivity (Wildman–Crippen MR) is 120 cm³/mol. The Morgan fingerprint density at radius 3 is 2.57 bits per heavy atom. The summed E-state index contributed by atoms with van der Waals surface area (Å²) in [6.07, 6.45) is -5.75. The van der Waals surface area contributed by atoms with Crippen molar-refractivity contribution in [1.29, 1.82) is 0 Å². The van der Waals surface area contributed by atoms with Gasteiger partial charge in [-0.15, -0.1) is 11.3 Å². The van der Waals surface area contributed by atoms with Crippen molar-refractivity contribution in [2.45, 2.75) is 64.7 Å². The van der Waals surface area contributed by atoms with Gasteiger partial charge in [-0.3, -0.25) is 4.79 Å². The molecule has 2 aromatic rings. The Bertz CT molecular complexity index is 1080. The van der Waals surface area contributed by atoms with E-state index in [0.717, 1.165) is 25.1 Å². The first-order valence-electron chi connectivity index (χ1n) is 11.1. The molecule has 13 heteroatoms. The van der Waals surface area contributed by atoms with Crippen molar-refractivity contribution < 1.29 is 36.3 Å². The summed E-state index contributed by atoms with van der Waals surface area (Å²) in [6.45, 7) is 5.07. The zero-order valence-corrected chi connectivity index (χ0v) is 20.1. The summed E-state index contributed by atoms with van der Waals surface area (Å²) in [5.41, 5.74) is -1.33. The maximum absolute atomic E-state index is 14.0. The zero-order valence-electron chi connectivity index (χ0n) is 19.3. The Hall–Kier alpha value is -2.83. The molecule has 0 bridgehead atoms. The van der Waals surface area contributed by atoms with Gasteiger partial charge in [0.15, 0.2) is 0 Å². The number of likely N-dealkylation sites (tertiary alicyclic amines) is 1. The van der Waals surface area contributed by atoms with Gasteiger partial charge in [0.2, 0.25) is 5.01 Å². The second-order valence-corrected chi connectivity index (χ2v) is 8.98. The molecule has 1 amide bonds. The maximum atomic E-state index is 14.0. The van der Waals surface area contributed by atoms with Crippen LogP contribution in [-0.2, 0) is 4.74 Å². The van der Waals surface area contributed by atoms with E-state index in [1.807, 2.05) is 6.92 Å². The molecule has 1 fully saturated rings. The number of hydrogen-bond donors (Lipinski definition) is 1. The summed E-state index contributed by atoms with van der Waals surface area (Å²) in [6, 6.07) is -1.26. The number of carbonyl (C=O) groups excluding carboxylic acids is 2. The van der Waals surface area contributed by atoms with E-state index in [4.69, 9.17) is 4.74 Å². The molecular weight excluding hydrogens is 495 g/mol. The molecule has 2 aromatic heterocycles. The number of pyridine rings is 1. The third kappa shape index (κ3) is 5.71. The van der Waals surface area contributed by atoms with Crippen LogP contribution in [-0.4, -0.2) is 58.2 Å². The lowest BCUT2D eigenvalue weighted by molar-refractivity contribution is -0.142. The van der Waals surface area contributed by atoms with Crippen molar-refractivity contribution in [3.63, 3.8) is 0 Å². The van der Waals surface area contributed by atoms with Gasteiger partial charge in [0.1, 0.15) is 17.6 Å². The van der Waals surface area contributed by atoms with Crippen LogP contribution in [0.1, 0.15) is 72.3 Å². The second kappa shape index (κ2) is 10.8. The van der Waals surface area contributed by atoms with E-state index in [1.54, 1.807) is 6.92 Å². The first-order chi connectivity index (χ1) is 16.5. The summed E-state index contributed by atoms with van der Waals surface area (Å²) < 4.78 is 73.5. The highest BCUT2D eigenvalue weighted by Crippen LogP contribution is 2.42. The molecule has 1 aliphatic rings. The SMILES string of the molecule is CCOC(=O)c1nc(C(=O)N2CCC[C@@H]2C)c(-c2c(C(F)F)ccnc2N[C@@H](CC)C(F)(F)F)s1. The molecule has 0 unspecified atom stereocenters. The molecule has 0 spiro atoms. The first kappa shape index (κ1) is 26.8. The van der Waals surface area contributed by atoms with Gasteiger partial charge in [0.05, 0.1) is 11.5 Å². The van der Waals surface area contributed by atoms with E-state index < -0.39 is 53.9 Å². The molecule has 1 N–H and O–H groups in total. The molecule has 3 rings (SSSR count). The molecule has 0 radical (unpaired) electrons. The van der Waals surface area contributed by atoms with Gasteiger partial charge in [0, 0.05) is 29.9 Å². The smallest absolute Gasteiger partial charge is 0.408 e. The van der Waals surface area contributed by atoms with E-state index in [2.05, 4.69) is 15.3 Å². The second-order valence-electron chi connectivity index (χ2n) is 7.98. The van der Waals surface area contributed by atoms with Crippen molar-refractivity contribution in [2.24, 2.45) is 0 Å². The normalized spacial score (nSPS) is 17.1. The summed E-state index contributed by atoms with van der Waals surface area (Å²) in [5, 5.41) is 1.94. The average Bonchev–Trinajstić information content (AvgIpc) is 3.42. The predicted octanol–water partition coefficient (Wildman–Crippen LogP) is 5.70. The number of ether oxygens (including phenoxy) is 1. The fourth-order valence-corrected chi connectivity index (χ4v) is 4.89. The van der Waals surface area contributed by atoms with Crippen molar-refractivity contribution in [3.05, 3.63) is 28.5 Å². The van der Waals surface area contributed by atoms with E-state index in [1.165, 1.54) is 11.8 Å². The fraction of sp³-hybridized carbons (Fsp3) is 0.545. The molecule has 3 heterocycles. The average molecular weight is 521 g/mol. The molecule has 0 aromatic carbocycles. The van der Waals surface area contributed by atoms with E-state index in [9.17, 15) is 31.5 Å². The van der Waals surface area contributed by atoms with Crippen LogP contribution in [0, 0.1) is 0 Å². The number of nitrogens with one attached hydrogen (secondary N) is 1. The largest absolute Gasteiger partial charge is 0.461 e. The van der Waals surface area contributed by atoms with Crippen LogP contribution >= 0.6 is 11.3 Å². The number of anilines is 1. The first-order valence-corrected chi connectivity index (χ1v) is 11.9. The van der Waals surface area contributed by atoms with E-state index in [-0.39, 0.29) is 28.2 Å². The third-order valence-electron chi connectivity index (χ3n) is 5.65. The number of thiazole rings is 1. The van der Waals surface area contributed by atoms with Crippen LogP contribution in [0.15, 0.2) is 12.3 Å². The number of carbonyl (C=O) groups is 2.